The highest BCUT2D eigenvalue weighted by Gasteiger charge is 2.43. The van der Waals surface area contributed by atoms with Crippen LogP contribution >= 0.6 is 0 Å². The lowest BCUT2D eigenvalue weighted by atomic mass is 9.68. The van der Waals surface area contributed by atoms with Crippen LogP contribution in [0.3, 0.4) is 0 Å². The van der Waals surface area contributed by atoms with Gasteiger partial charge in [-0.3, -0.25) is 4.99 Å². The van der Waals surface area contributed by atoms with E-state index in [1.807, 2.05) is 0 Å². The predicted molar refractivity (Wildman–Crippen MR) is 106 cm³/mol. The molecule has 3 fully saturated rings. The molecule has 144 valence electrons. The van der Waals surface area contributed by atoms with Gasteiger partial charge in [-0.05, 0) is 57.5 Å². The van der Waals surface area contributed by atoms with E-state index >= 15 is 0 Å². The first-order valence-electron chi connectivity index (χ1n) is 10.7. The van der Waals surface area contributed by atoms with Gasteiger partial charge in [0.05, 0.1) is 0 Å². The molecule has 1 N–H and O–H groups in total. The maximum absolute atomic E-state index is 4.93. The molecular weight excluding hydrogens is 310 g/mol. The fraction of sp³-hybridized carbons (Fsp3) is 0.950. The molecule has 0 aromatic carbocycles. The lowest BCUT2D eigenvalue weighted by molar-refractivity contribution is 0.136. The lowest BCUT2D eigenvalue weighted by Crippen LogP contribution is -2.46. The number of unbranched alkanes of at least 4 members (excludes halogenated alkanes) is 1. The number of rotatable bonds is 7. The topological polar surface area (TPSA) is 34.1 Å². The molecule has 2 saturated heterocycles. The zero-order valence-corrected chi connectivity index (χ0v) is 16.6. The summed E-state index contributed by atoms with van der Waals surface area (Å²) in [6, 6.07) is 0. The summed E-state index contributed by atoms with van der Waals surface area (Å²) in [6.07, 6.45) is 8.18. The molecule has 1 saturated carbocycles. The average Bonchev–Trinajstić information content (AvgIpc) is 3.07. The van der Waals surface area contributed by atoms with Gasteiger partial charge in [-0.15, -0.1) is 0 Å². The number of nitrogens with zero attached hydrogens (tertiary/aromatic N) is 4. The van der Waals surface area contributed by atoms with Gasteiger partial charge in [-0.2, -0.15) is 0 Å². The van der Waals surface area contributed by atoms with E-state index in [-0.39, 0.29) is 0 Å². The number of piperazine rings is 1. The van der Waals surface area contributed by atoms with Crippen LogP contribution in [0.4, 0.5) is 0 Å². The third-order valence-corrected chi connectivity index (χ3v) is 6.54. The summed E-state index contributed by atoms with van der Waals surface area (Å²) in [5.74, 6) is 1.17. The maximum Gasteiger partial charge on any atom is 0.193 e. The van der Waals surface area contributed by atoms with Gasteiger partial charge in [0.25, 0.3) is 0 Å². The van der Waals surface area contributed by atoms with E-state index in [1.54, 1.807) is 0 Å². The summed E-state index contributed by atoms with van der Waals surface area (Å²) < 4.78 is 0. The van der Waals surface area contributed by atoms with Crippen molar-refractivity contribution in [1.82, 2.24) is 20.0 Å². The number of likely N-dealkylation sites (N-methyl/N-ethyl adjacent to an activating group) is 1. The number of likely N-dealkylation sites (tertiary alicyclic amines) is 1. The second-order valence-corrected chi connectivity index (χ2v) is 8.24. The molecule has 1 aliphatic carbocycles. The summed E-state index contributed by atoms with van der Waals surface area (Å²) in [6.45, 7) is 16.3. The van der Waals surface area contributed by atoms with E-state index in [2.05, 4.69) is 33.9 Å². The molecule has 0 radical (unpaired) electrons. The van der Waals surface area contributed by atoms with Crippen molar-refractivity contribution in [3.63, 3.8) is 0 Å². The quantitative estimate of drug-likeness (QED) is 0.434. The molecule has 3 aliphatic rings. The minimum atomic E-state index is 0.650. The number of nitrogens with one attached hydrogen (secondary N) is 1. The normalized spacial score (nSPS) is 24.7. The molecule has 2 aliphatic heterocycles. The largest absolute Gasteiger partial charge is 0.357 e. The number of hydrogen-bond donors (Lipinski definition) is 1. The van der Waals surface area contributed by atoms with Crippen LogP contribution < -0.4 is 5.32 Å². The van der Waals surface area contributed by atoms with Crippen LogP contribution in [0.1, 0.15) is 52.4 Å². The van der Waals surface area contributed by atoms with Gasteiger partial charge in [0.15, 0.2) is 5.96 Å². The molecule has 1 spiro atoms. The first kappa shape index (κ1) is 19.0. The minimum Gasteiger partial charge on any atom is -0.357 e. The van der Waals surface area contributed by atoms with Crippen LogP contribution in [0.15, 0.2) is 4.99 Å². The van der Waals surface area contributed by atoms with E-state index in [1.165, 1.54) is 96.8 Å². The van der Waals surface area contributed by atoms with Gasteiger partial charge in [0, 0.05) is 52.4 Å². The Hall–Kier alpha value is -0.810. The van der Waals surface area contributed by atoms with Gasteiger partial charge in [-0.1, -0.05) is 13.3 Å². The van der Waals surface area contributed by atoms with Crippen molar-refractivity contribution in [2.45, 2.75) is 52.4 Å². The predicted octanol–water partition coefficient (Wildman–Crippen LogP) is 2.25. The summed E-state index contributed by atoms with van der Waals surface area (Å²) in [5, 5.41) is 3.52. The lowest BCUT2D eigenvalue weighted by Gasteiger charge is -2.38. The molecule has 25 heavy (non-hydrogen) atoms. The molecule has 0 aromatic heterocycles. The zero-order chi connectivity index (χ0) is 17.5. The highest BCUT2D eigenvalue weighted by molar-refractivity contribution is 5.80. The van der Waals surface area contributed by atoms with Crippen molar-refractivity contribution < 1.29 is 0 Å². The van der Waals surface area contributed by atoms with Crippen LogP contribution in [-0.2, 0) is 0 Å². The fourth-order valence-electron chi connectivity index (χ4n) is 4.59. The van der Waals surface area contributed by atoms with E-state index in [9.17, 15) is 0 Å². The molecule has 5 heteroatoms. The summed E-state index contributed by atoms with van der Waals surface area (Å²) in [7, 11) is 0. The highest BCUT2D eigenvalue weighted by Crippen LogP contribution is 2.47. The van der Waals surface area contributed by atoms with E-state index in [0.717, 1.165) is 13.1 Å². The van der Waals surface area contributed by atoms with Crippen LogP contribution in [0.25, 0.3) is 0 Å². The Balaban J connectivity index is 1.35. The molecule has 0 aromatic rings. The fourth-order valence-corrected chi connectivity index (χ4v) is 4.59. The molecular formula is C20H39N5. The van der Waals surface area contributed by atoms with E-state index in [0.29, 0.717) is 5.41 Å². The first-order valence-corrected chi connectivity index (χ1v) is 10.7. The summed E-state index contributed by atoms with van der Waals surface area (Å²) >= 11 is 0. The Morgan fingerprint density at radius 2 is 1.72 bits per heavy atom. The van der Waals surface area contributed by atoms with Crippen molar-refractivity contribution in [3.05, 3.63) is 0 Å². The molecule has 0 amide bonds. The average molecular weight is 350 g/mol. The zero-order valence-electron chi connectivity index (χ0n) is 16.6. The van der Waals surface area contributed by atoms with Crippen molar-refractivity contribution in [2.24, 2.45) is 10.4 Å². The third kappa shape index (κ3) is 5.10. The molecule has 3 rings (SSSR count). The van der Waals surface area contributed by atoms with Crippen LogP contribution in [0.5, 0.6) is 0 Å². The van der Waals surface area contributed by atoms with Crippen LogP contribution in [0, 0.1) is 5.41 Å². The Labute approximate surface area is 154 Å². The van der Waals surface area contributed by atoms with Gasteiger partial charge < -0.3 is 20.0 Å². The van der Waals surface area contributed by atoms with Crippen molar-refractivity contribution in [1.29, 1.82) is 0 Å². The van der Waals surface area contributed by atoms with E-state index < -0.39 is 0 Å². The molecule has 0 unspecified atom stereocenters. The Bertz CT molecular complexity index is 424. The number of aliphatic imine (C=N–C) groups is 1. The molecule has 0 atom stereocenters. The third-order valence-electron chi connectivity index (χ3n) is 6.54. The van der Waals surface area contributed by atoms with Gasteiger partial charge in [0.1, 0.15) is 0 Å². The van der Waals surface area contributed by atoms with E-state index in [4.69, 9.17) is 4.99 Å². The monoisotopic (exact) mass is 349 g/mol. The Kier molecular flexibility index (Phi) is 7.00. The minimum absolute atomic E-state index is 0.650. The highest BCUT2D eigenvalue weighted by atomic mass is 15.3. The van der Waals surface area contributed by atoms with Crippen molar-refractivity contribution in [2.75, 3.05) is 65.4 Å². The molecule has 2 heterocycles. The Morgan fingerprint density at radius 1 is 0.960 bits per heavy atom. The smallest absolute Gasteiger partial charge is 0.193 e. The second kappa shape index (κ2) is 9.22. The van der Waals surface area contributed by atoms with Crippen LogP contribution in [0.2, 0.25) is 0 Å². The summed E-state index contributed by atoms with van der Waals surface area (Å²) in [4.78, 5) is 12.6. The Morgan fingerprint density at radius 3 is 2.32 bits per heavy atom. The maximum atomic E-state index is 4.93. The van der Waals surface area contributed by atoms with Gasteiger partial charge in [0.2, 0.25) is 0 Å². The van der Waals surface area contributed by atoms with Crippen molar-refractivity contribution in [3.8, 4) is 0 Å². The second-order valence-electron chi connectivity index (χ2n) is 8.24. The summed E-state index contributed by atoms with van der Waals surface area (Å²) in [5.41, 5.74) is 0.650. The standard InChI is InChI=1S/C20H39N5/c1-3-21-19(25-13-10-20(18-25)8-7-9-20)22-11-5-6-12-24-16-14-23(4-2)15-17-24/h3-18H2,1-2H3,(H,21,22). The number of guanidine groups is 1. The van der Waals surface area contributed by atoms with Crippen molar-refractivity contribution >= 4 is 5.96 Å². The first-order chi connectivity index (χ1) is 12.2. The molecule has 5 nitrogen and oxygen atoms in total. The van der Waals surface area contributed by atoms with Gasteiger partial charge >= 0.3 is 0 Å². The molecule has 0 bridgehead atoms. The SMILES string of the molecule is CCNC(=NCCCCN1CCN(CC)CC1)N1CCC2(CCC2)C1. The number of hydrogen-bond acceptors (Lipinski definition) is 3. The van der Waals surface area contributed by atoms with Crippen LogP contribution in [-0.4, -0.2) is 86.1 Å². The van der Waals surface area contributed by atoms with Gasteiger partial charge in [-0.25, -0.2) is 0 Å².